The van der Waals surface area contributed by atoms with Gasteiger partial charge >= 0.3 is 0 Å². The van der Waals surface area contributed by atoms with Crippen LogP contribution in [0.5, 0.6) is 0 Å². The molecule has 0 atom stereocenters. The van der Waals surface area contributed by atoms with Gasteiger partial charge in [-0.25, -0.2) is 0 Å². The van der Waals surface area contributed by atoms with E-state index < -0.39 is 0 Å². The number of nitrogens with zero attached hydrogens (tertiary/aromatic N) is 1. The molecule has 1 aliphatic rings. The first-order valence-electron chi connectivity index (χ1n) is 5.74. The second-order valence-corrected chi connectivity index (χ2v) is 6.27. The molecular formula is C12H24N2O. The molecule has 0 bridgehead atoms. The highest BCUT2D eigenvalue weighted by molar-refractivity contribution is 5.77. The predicted molar refractivity (Wildman–Crippen MR) is 62.4 cm³/mol. The molecule has 3 heteroatoms. The Morgan fingerprint density at radius 2 is 2.07 bits per heavy atom. The van der Waals surface area contributed by atoms with E-state index in [1.165, 1.54) is 0 Å². The summed E-state index contributed by atoms with van der Waals surface area (Å²) in [4.78, 5) is 13.9. The van der Waals surface area contributed by atoms with Gasteiger partial charge in [-0.2, -0.15) is 0 Å². The molecule has 0 saturated carbocycles. The van der Waals surface area contributed by atoms with Crippen molar-refractivity contribution in [1.29, 1.82) is 0 Å². The number of amides is 1. The van der Waals surface area contributed by atoms with Crippen LogP contribution in [0.4, 0.5) is 0 Å². The van der Waals surface area contributed by atoms with E-state index in [2.05, 4.69) is 27.7 Å². The van der Waals surface area contributed by atoms with Gasteiger partial charge in [-0.15, -0.1) is 0 Å². The van der Waals surface area contributed by atoms with Gasteiger partial charge in [-0.3, -0.25) is 4.79 Å². The zero-order valence-electron chi connectivity index (χ0n) is 10.5. The van der Waals surface area contributed by atoms with E-state index in [0.717, 1.165) is 19.5 Å². The lowest BCUT2D eigenvalue weighted by Gasteiger charge is -2.40. The zero-order chi connectivity index (χ0) is 11.7. The minimum absolute atomic E-state index is 0.0388. The Morgan fingerprint density at radius 1 is 1.47 bits per heavy atom. The summed E-state index contributed by atoms with van der Waals surface area (Å²) in [7, 11) is 0. The lowest BCUT2D eigenvalue weighted by atomic mass is 9.81. The van der Waals surface area contributed by atoms with Gasteiger partial charge in [0.15, 0.2) is 0 Å². The Balaban J connectivity index is 2.56. The minimum Gasteiger partial charge on any atom is -0.342 e. The molecule has 0 radical (unpaired) electrons. The number of piperidine rings is 1. The quantitative estimate of drug-likeness (QED) is 0.772. The van der Waals surface area contributed by atoms with Gasteiger partial charge in [0.05, 0.1) is 0 Å². The lowest BCUT2D eigenvalue weighted by molar-refractivity contribution is -0.138. The zero-order valence-corrected chi connectivity index (χ0v) is 10.5. The fourth-order valence-electron chi connectivity index (χ4n) is 1.92. The monoisotopic (exact) mass is 212 g/mol. The fourth-order valence-corrected chi connectivity index (χ4v) is 1.92. The van der Waals surface area contributed by atoms with Crippen molar-refractivity contribution in [1.82, 2.24) is 4.90 Å². The van der Waals surface area contributed by atoms with E-state index in [9.17, 15) is 4.79 Å². The van der Waals surface area contributed by atoms with Crippen molar-refractivity contribution >= 4 is 5.91 Å². The second-order valence-electron chi connectivity index (χ2n) is 6.27. The van der Waals surface area contributed by atoms with Crippen LogP contribution in [-0.4, -0.2) is 30.4 Å². The van der Waals surface area contributed by atoms with Crippen molar-refractivity contribution in [2.24, 2.45) is 16.6 Å². The number of carbonyl (C=O) groups excluding carboxylic acids is 1. The van der Waals surface area contributed by atoms with Crippen LogP contribution in [0, 0.1) is 10.8 Å². The standard InChI is InChI=1S/C12H24N2O/c1-11(2)5-6-14(10(15)7-11)9-12(3,4)8-13/h5-9,13H2,1-4H3. The molecular weight excluding hydrogens is 188 g/mol. The normalized spacial score (nSPS) is 21.9. The van der Waals surface area contributed by atoms with Crippen LogP contribution in [0.1, 0.15) is 40.5 Å². The molecule has 1 amide bonds. The Hall–Kier alpha value is -0.570. The Bertz CT molecular complexity index is 246. The molecule has 0 aromatic heterocycles. The average Bonchev–Trinajstić information content (AvgIpc) is 2.09. The minimum atomic E-state index is 0.0388. The fraction of sp³-hybridized carbons (Fsp3) is 0.917. The van der Waals surface area contributed by atoms with Crippen molar-refractivity contribution in [2.45, 2.75) is 40.5 Å². The molecule has 1 aliphatic heterocycles. The molecule has 0 spiro atoms. The molecule has 15 heavy (non-hydrogen) atoms. The average molecular weight is 212 g/mol. The largest absolute Gasteiger partial charge is 0.342 e. The Morgan fingerprint density at radius 3 is 2.53 bits per heavy atom. The number of nitrogens with two attached hydrogens (primary N) is 1. The predicted octanol–water partition coefficient (Wildman–Crippen LogP) is 1.62. The van der Waals surface area contributed by atoms with E-state index in [1.807, 2.05) is 4.90 Å². The van der Waals surface area contributed by atoms with E-state index in [4.69, 9.17) is 5.73 Å². The number of hydrogen-bond acceptors (Lipinski definition) is 2. The third-order valence-corrected chi connectivity index (χ3v) is 3.21. The second kappa shape index (κ2) is 4.12. The summed E-state index contributed by atoms with van der Waals surface area (Å²) < 4.78 is 0. The first-order valence-corrected chi connectivity index (χ1v) is 5.74. The highest BCUT2D eigenvalue weighted by Gasteiger charge is 2.33. The molecule has 0 aliphatic carbocycles. The van der Waals surface area contributed by atoms with Crippen LogP contribution in [0.2, 0.25) is 0 Å². The van der Waals surface area contributed by atoms with Crippen LogP contribution in [0.15, 0.2) is 0 Å². The molecule has 88 valence electrons. The smallest absolute Gasteiger partial charge is 0.223 e. The highest BCUT2D eigenvalue weighted by atomic mass is 16.2. The number of hydrogen-bond donors (Lipinski definition) is 1. The highest BCUT2D eigenvalue weighted by Crippen LogP contribution is 2.31. The van der Waals surface area contributed by atoms with Gasteiger partial charge in [-0.05, 0) is 23.8 Å². The van der Waals surface area contributed by atoms with E-state index in [1.54, 1.807) is 0 Å². The summed E-state index contributed by atoms with van der Waals surface area (Å²) in [5, 5.41) is 0. The molecule has 1 fully saturated rings. The summed E-state index contributed by atoms with van der Waals surface area (Å²) in [5.74, 6) is 0.285. The molecule has 0 unspecified atom stereocenters. The third kappa shape index (κ3) is 3.49. The number of carbonyl (C=O) groups is 1. The van der Waals surface area contributed by atoms with Crippen molar-refractivity contribution in [2.75, 3.05) is 19.6 Å². The summed E-state index contributed by atoms with van der Waals surface area (Å²) in [6.45, 7) is 10.8. The van der Waals surface area contributed by atoms with Crippen LogP contribution in [0.25, 0.3) is 0 Å². The van der Waals surface area contributed by atoms with Crippen molar-refractivity contribution < 1.29 is 4.79 Å². The van der Waals surface area contributed by atoms with Crippen LogP contribution < -0.4 is 5.73 Å². The van der Waals surface area contributed by atoms with Gasteiger partial charge in [0.1, 0.15) is 0 Å². The van der Waals surface area contributed by atoms with Crippen molar-refractivity contribution in [3.8, 4) is 0 Å². The molecule has 0 aromatic carbocycles. The SMILES string of the molecule is CC1(C)CCN(CC(C)(C)CN)C(=O)C1. The van der Waals surface area contributed by atoms with Gasteiger partial charge in [0.2, 0.25) is 5.91 Å². The van der Waals surface area contributed by atoms with Crippen LogP contribution in [-0.2, 0) is 4.79 Å². The topological polar surface area (TPSA) is 46.3 Å². The van der Waals surface area contributed by atoms with Crippen LogP contribution in [0.3, 0.4) is 0 Å². The number of rotatable bonds is 3. The van der Waals surface area contributed by atoms with E-state index >= 15 is 0 Å². The molecule has 1 saturated heterocycles. The van der Waals surface area contributed by atoms with Gasteiger partial charge in [-0.1, -0.05) is 27.7 Å². The Kier molecular flexibility index (Phi) is 3.44. The summed E-state index contributed by atoms with van der Waals surface area (Å²) in [5.41, 5.74) is 5.90. The van der Waals surface area contributed by atoms with Crippen LogP contribution >= 0.6 is 0 Å². The number of likely N-dealkylation sites (tertiary alicyclic amines) is 1. The van der Waals surface area contributed by atoms with E-state index in [-0.39, 0.29) is 16.7 Å². The van der Waals surface area contributed by atoms with Gasteiger partial charge < -0.3 is 10.6 Å². The third-order valence-electron chi connectivity index (χ3n) is 3.21. The summed E-state index contributed by atoms with van der Waals surface area (Å²) in [6, 6.07) is 0. The van der Waals surface area contributed by atoms with Gasteiger partial charge in [0, 0.05) is 19.5 Å². The maximum absolute atomic E-state index is 11.9. The molecule has 1 rings (SSSR count). The molecule has 1 heterocycles. The summed E-state index contributed by atoms with van der Waals surface area (Å²) >= 11 is 0. The van der Waals surface area contributed by atoms with E-state index in [0.29, 0.717) is 13.0 Å². The van der Waals surface area contributed by atoms with Gasteiger partial charge in [0.25, 0.3) is 0 Å². The molecule has 3 nitrogen and oxygen atoms in total. The lowest BCUT2D eigenvalue weighted by Crippen LogP contribution is -2.47. The Labute approximate surface area is 93.0 Å². The van der Waals surface area contributed by atoms with Crippen molar-refractivity contribution in [3.05, 3.63) is 0 Å². The summed E-state index contributed by atoms with van der Waals surface area (Å²) in [6.07, 6.45) is 1.77. The molecule has 0 aromatic rings. The van der Waals surface area contributed by atoms with Crippen molar-refractivity contribution in [3.63, 3.8) is 0 Å². The first-order chi connectivity index (χ1) is 6.76. The first kappa shape index (κ1) is 12.5. The maximum Gasteiger partial charge on any atom is 0.223 e. The maximum atomic E-state index is 11.9. The molecule has 2 N–H and O–H groups in total.